The molecule has 3 aromatic carbocycles. The number of hydrogen-bond donors (Lipinski definition) is 1. The molecule has 0 radical (unpaired) electrons. The summed E-state index contributed by atoms with van der Waals surface area (Å²) in [7, 11) is 0. The molecule has 0 aliphatic carbocycles. The SMILES string of the molecule is C=CC.C=CCC.CC(OCc1cc(Cl)c(N)c(Cl)c1)(c1ccccc1)c1ccccc1. The number of nitrogens with two attached hydrogens (primary N) is 1. The van der Waals surface area contributed by atoms with E-state index in [1.807, 2.05) is 49.4 Å². The van der Waals surface area contributed by atoms with Crippen molar-refractivity contribution in [1.82, 2.24) is 0 Å². The lowest BCUT2D eigenvalue weighted by Crippen LogP contribution is -2.27. The second-order valence-electron chi connectivity index (χ2n) is 7.13. The molecule has 2 N–H and O–H groups in total. The molecular weight excluding hydrogens is 437 g/mol. The molecule has 2 nitrogen and oxygen atoms in total. The summed E-state index contributed by atoms with van der Waals surface area (Å²) in [5.41, 5.74) is 8.64. The molecule has 0 aromatic heterocycles. The van der Waals surface area contributed by atoms with E-state index in [0.29, 0.717) is 22.3 Å². The van der Waals surface area contributed by atoms with Gasteiger partial charge in [0, 0.05) is 0 Å². The fourth-order valence-corrected chi connectivity index (χ4v) is 3.33. The molecule has 0 atom stereocenters. The highest BCUT2D eigenvalue weighted by atomic mass is 35.5. The van der Waals surface area contributed by atoms with Gasteiger partial charge < -0.3 is 10.5 Å². The molecule has 0 unspecified atom stereocenters. The van der Waals surface area contributed by atoms with E-state index in [4.69, 9.17) is 33.7 Å². The summed E-state index contributed by atoms with van der Waals surface area (Å²) in [6, 6.07) is 23.9. The van der Waals surface area contributed by atoms with Crippen LogP contribution in [-0.2, 0) is 16.9 Å². The average Bonchev–Trinajstić information content (AvgIpc) is 2.82. The van der Waals surface area contributed by atoms with Crippen LogP contribution in [0.25, 0.3) is 0 Å². The first kappa shape index (κ1) is 27.5. The first-order chi connectivity index (χ1) is 15.3. The number of rotatable bonds is 6. The first-order valence-corrected chi connectivity index (χ1v) is 11.3. The van der Waals surface area contributed by atoms with Crippen LogP contribution in [0.15, 0.2) is 98.1 Å². The van der Waals surface area contributed by atoms with Gasteiger partial charge in [0.25, 0.3) is 0 Å². The van der Waals surface area contributed by atoms with Crippen LogP contribution >= 0.6 is 23.2 Å². The first-order valence-electron chi connectivity index (χ1n) is 10.5. The molecule has 170 valence electrons. The summed E-state index contributed by atoms with van der Waals surface area (Å²) in [5.74, 6) is 0. The minimum atomic E-state index is -0.594. The molecule has 32 heavy (non-hydrogen) atoms. The Bertz CT molecular complexity index is 893. The Balaban J connectivity index is 0.000000645. The quantitative estimate of drug-likeness (QED) is 0.288. The Morgan fingerprint density at radius 2 is 1.28 bits per heavy atom. The standard InChI is InChI=1S/C21H19Cl2NO.C4H8.C3H6/c1-21(16-8-4-2-5-9-16,17-10-6-3-7-11-17)25-14-15-12-18(22)20(24)19(23)13-15;1-3-4-2;1-3-2/h2-13H,14,24H2,1H3;3H,1,4H2,2H3;3H,1H2,2H3. The summed E-state index contributed by atoms with van der Waals surface area (Å²) < 4.78 is 6.38. The van der Waals surface area contributed by atoms with Gasteiger partial charge in [-0.05, 0) is 49.1 Å². The summed E-state index contributed by atoms with van der Waals surface area (Å²) >= 11 is 12.3. The number of nitrogen functional groups attached to an aromatic ring is 1. The number of allylic oxidation sites excluding steroid dienone is 2. The van der Waals surface area contributed by atoms with Gasteiger partial charge >= 0.3 is 0 Å². The largest absolute Gasteiger partial charge is 0.396 e. The fourth-order valence-electron chi connectivity index (χ4n) is 2.79. The fraction of sp³-hybridized carbons (Fsp3) is 0.214. The molecule has 0 aliphatic heterocycles. The maximum absolute atomic E-state index is 6.38. The van der Waals surface area contributed by atoms with Crippen molar-refractivity contribution in [1.29, 1.82) is 0 Å². The van der Waals surface area contributed by atoms with Crippen LogP contribution in [0.2, 0.25) is 10.0 Å². The van der Waals surface area contributed by atoms with Crippen LogP contribution in [0.3, 0.4) is 0 Å². The Morgan fingerprint density at radius 3 is 1.62 bits per heavy atom. The molecule has 3 rings (SSSR count). The average molecular weight is 470 g/mol. The van der Waals surface area contributed by atoms with E-state index in [1.54, 1.807) is 18.2 Å². The van der Waals surface area contributed by atoms with Gasteiger partial charge in [-0.3, -0.25) is 0 Å². The highest BCUT2D eigenvalue weighted by Crippen LogP contribution is 2.35. The molecule has 4 heteroatoms. The minimum absolute atomic E-state index is 0.361. The number of hydrogen-bond acceptors (Lipinski definition) is 2. The van der Waals surface area contributed by atoms with E-state index in [-0.39, 0.29) is 0 Å². The summed E-state index contributed by atoms with van der Waals surface area (Å²) in [6.45, 7) is 13.2. The van der Waals surface area contributed by atoms with Crippen molar-refractivity contribution in [3.63, 3.8) is 0 Å². The van der Waals surface area contributed by atoms with Gasteiger partial charge in [0.1, 0.15) is 5.60 Å². The second kappa shape index (κ2) is 14.5. The van der Waals surface area contributed by atoms with E-state index in [9.17, 15) is 0 Å². The summed E-state index contributed by atoms with van der Waals surface area (Å²) in [6.07, 6.45) is 4.71. The normalized spacial score (nSPS) is 10.2. The van der Waals surface area contributed by atoms with Gasteiger partial charge in [0.05, 0.1) is 22.3 Å². The molecule has 0 heterocycles. The zero-order chi connectivity index (χ0) is 24.0. The highest BCUT2D eigenvalue weighted by Gasteiger charge is 2.29. The second-order valence-corrected chi connectivity index (χ2v) is 7.95. The van der Waals surface area contributed by atoms with Gasteiger partial charge in [-0.1, -0.05) is 103 Å². The van der Waals surface area contributed by atoms with Crippen molar-refractivity contribution in [3.05, 3.63) is 125 Å². The molecule has 3 aromatic rings. The Labute approximate surface area is 203 Å². The molecule has 0 bridgehead atoms. The third kappa shape index (κ3) is 8.20. The predicted molar refractivity (Wildman–Crippen MR) is 141 cm³/mol. The van der Waals surface area contributed by atoms with Crippen LogP contribution in [0.4, 0.5) is 5.69 Å². The van der Waals surface area contributed by atoms with E-state index >= 15 is 0 Å². The van der Waals surface area contributed by atoms with Gasteiger partial charge in [-0.25, -0.2) is 0 Å². The summed E-state index contributed by atoms with van der Waals surface area (Å²) in [4.78, 5) is 0. The number of ether oxygens (including phenoxy) is 1. The Kier molecular flexibility index (Phi) is 12.5. The molecule has 0 fully saturated rings. The number of anilines is 1. The topological polar surface area (TPSA) is 35.2 Å². The third-order valence-electron chi connectivity index (χ3n) is 4.60. The van der Waals surface area contributed by atoms with Gasteiger partial charge in [-0.2, -0.15) is 0 Å². The van der Waals surface area contributed by atoms with E-state index in [0.717, 1.165) is 23.1 Å². The van der Waals surface area contributed by atoms with Crippen LogP contribution in [0, 0.1) is 0 Å². The molecule has 0 amide bonds. The van der Waals surface area contributed by atoms with Crippen molar-refractivity contribution >= 4 is 28.9 Å². The van der Waals surface area contributed by atoms with Gasteiger partial charge in [0.15, 0.2) is 0 Å². The maximum atomic E-state index is 6.38. The maximum Gasteiger partial charge on any atom is 0.116 e. The molecule has 0 aliphatic rings. The van der Waals surface area contributed by atoms with Crippen molar-refractivity contribution in [2.45, 2.75) is 39.4 Å². The summed E-state index contributed by atoms with van der Waals surface area (Å²) in [5, 5.41) is 0.874. The molecule has 0 saturated heterocycles. The third-order valence-corrected chi connectivity index (χ3v) is 5.23. The van der Waals surface area contributed by atoms with Crippen LogP contribution in [-0.4, -0.2) is 0 Å². The number of benzene rings is 3. The smallest absolute Gasteiger partial charge is 0.116 e. The van der Waals surface area contributed by atoms with Crippen molar-refractivity contribution in [2.24, 2.45) is 0 Å². The molecule has 0 saturated carbocycles. The van der Waals surface area contributed by atoms with E-state index in [2.05, 4.69) is 51.3 Å². The Morgan fingerprint density at radius 1 is 0.906 bits per heavy atom. The lowest BCUT2D eigenvalue weighted by Gasteiger charge is -2.31. The van der Waals surface area contributed by atoms with Crippen LogP contribution < -0.4 is 5.73 Å². The Hall–Kier alpha value is -2.52. The van der Waals surface area contributed by atoms with Crippen LogP contribution in [0.1, 0.15) is 43.9 Å². The molecule has 0 spiro atoms. The monoisotopic (exact) mass is 469 g/mol. The van der Waals surface area contributed by atoms with Crippen molar-refractivity contribution in [2.75, 3.05) is 5.73 Å². The van der Waals surface area contributed by atoms with Gasteiger partial charge in [0.2, 0.25) is 0 Å². The van der Waals surface area contributed by atoms with E-state index in [1.165, 1.54) is 0 Å². The van der Waals surface area contributed by atoms with Crippen molar-refractivity contribution in [3.8, 4) is 0 Å². The highest BCUT2D eigenvalue weighted by molar-refractivity contribution is 6.38. The van der Waals surface area contributed by atoms with Crippen molar-refractivity contribution < 1.29 is 4.74 Å². The number of halogens is 2. The zero-order valence-corrected chi connectivity index (χ0v) is 20.7. The molecular formula is C28H33Cl2NO. The lowest BCUT2D eigenvalue weighted by atomic mass is 9.88. The van der Waals surface area contributed by atoms with Gasteiger partial charge in [-0.15, -0.1) is 13.2 Å². The van der Waals surface area contributed by atoms with E-state index < -0.39 is 5.60 Å². The zero-order valence-electron chi connectivity index (χ0n) is 19.2. The predicted octanol–water partition coefficient (Wildman–Crippen LogP) is 8.83. The minimum Gasteiger partial charge on any atom is -0.396 e. The lowest BCUT2D eigenvalue weighted by molar-refractivity contribution is -0.0164. The van der Waals surface area contributed by atoms with Crippen LogP contribution in [0.5, 0.6) is 0 Å².